The molecule has 8 heteroatoms. The highest BCUT2D eigenvalue weighted by Crippen LogP contribution is 2.20. The van der Waals surface area contributed by atoms with Crippen LogP contribution in [0.1, 0.15) is 30.4 Å². The van der Waals surface area contributed by atoms with Crippen LogP contribution in [-0.4, -0.2) is 66.8 Å². The molecule has 0 spiro atoms. The maximum Gasteiger partial charge on any atom is 0.328 e. The van der Waals surface area contributed by atoms with Crippen LogP contribution in [0.25, 0.3) is 0 Å². The highest BCUT2D eigenvalue weighted by molar-refractivity contribution is 7.98. The lowest BCUT2D eigenvalue weighted by atomic mass is 10.0. The van der Waals surface area contributed by atoms with Crippen molar-refractivity contribution in [2.45, 2.75) is 56.4 Å². The van der Waals surface area contributed by atoms with E-state index in [9.17, 15) is 9.59 Å². The molecule has 2 heterocycles. The van der Waals surface area contributed by atoms with E-state index in [-0.39, 0.29) is 18.1 Å². The van der Waals surface area contributed by atoms with Gasteiger partial charge in [-0.1, -0.05) is 36.4 Å². The SMILES string of the molecule is COC(=O)[C@H](CCSC)NC(=O)C(Cc1ccccc1)OC(Cc1cccnc1)[C@@H]1CCCN1. The van der Waals surface area contributed by atoms with Gasteiger partial charge in [0.05, 0.1) is 13.2 Å². The molecule has 1 aliphatic rings. The number of hydrogen-bond acceptors (Lipinski definition) is 7. The molecular weight excluding hydrogens is 450 g/mol. The molecule has 0 aliphatic carbocycles. The van der Waals surface area contributed by atoms with Crippen LogP contribution >= 0.6 is 11.8 Å². The Labute approximate surface area is 206 Å². The van der Waals surface area contributed by atoms with Gasteiger partial charge >= 0.3 is 5.97 Å². The predicted molar refractivity (Wildman–Crippen MR) is 135 cm³/mol. The zero-order valence-corrected chi connectivity index (χ0v) is 20.8. The monoisotopic (exact) mass is 485 g/mol. The fourth-order valence-corrected chi connectivity index (χ4v) is 4.67. The molecule has 1 aliphatic heterocycles. The molecule has 1 saturated heterocycles. The Kier molecular flexibility index (Phi) is 10.9. The van der Waals surface area contributed by atoms with Crippen LogP contribution in [0.5, 0.6) is 0 Å². The second kappa shape index (κ2) is 14.1. The third kappa shape index (κ3) is 8.11. The lowest BCUT2D eigenvalue weighted by Gasteiger charge is -2.30. The number of ether oxygens (including phenoxy) is 2. The van der Waals surface area contributed by atoms with E-state index in [1.165, 1.54) is 7.11 Å². The summed E-state index contributed by atoms with van der Waals surface area (Å²) in [4.78, 5) is 30.0. The smallest absolute Gasteiger partial charge is 0.328 e. The Balaban J connectivity index is 1.80. The molecule has 0 radical (unpaired) electrons. The second-order valence-electron chi connectivity index (χ2n) is 8.49. The Morgan fingerprint density at radius 1 is 1.18 bits per heavy atom. The number of carbonyl (C=O) groups excluding carboxylic acids is 2. The standard InChI is InChI=1S/C26H35N3O4S/c1-32-26(31)22(12-15-34-2)29-25(30)24(16-19-8-4-3-5-9-19)33-23(21-11-7-14-28-21)17-20-10-6-13-27-18-20/h3-6,8-10,13,18,21-24,28H,7,11-12,14-17H2,1-2H3,(H,29,30)/t21-,22-,23?,24?/m0/s1. The first-order valence-electron chi connectivity index (χ1n) is 11.8. The van der Waals surface area contributed by atoms with E-state index in [0.29, 0.717) is 19.3 Å². The Morgan fingerprint density at radius 2 is 1.97 bits per heavy atom. The van der Waals surface area contributed by atoms with Crippen molar-refractivity contribution in [3.05, 3.63) is 66.0 Å². The van der Waals surface area contributed by atoms with Crippen LogP contribution in [0, 0.1) is 0 Å². The average molecular weight is 486 g/mol. The number of nitrogens with zero attached hydrogens (tertiary/aromatic N) is 1. The van der Waals surface area contributed by atoms with Gasteiger partial charge < -0.3 is 20.1 Å². The van der Waals surface area contributed by atoms with Gasteiger partial charge in [-0.25, -0.2) is 4.79 Å². The van der Waals surface area contributed by atoms with Gasteiger partial charge in [-0.3, -0.25) is 9.78 Å². The van der Waals surface area contributed by atoms with Crippen molar-refractivity contribution in [3.63, 3.8) is 0 Å². The molecule has 1 aromatic carbocycles. The average Bonchev–Trinajstić information content (AvgIpc) is 3.41. The van der Waals surface area contributed by atoms with Gasteiger partial charge in [-0.15, -0.1) is 0 Å². The molecule has 7 nitrogen and oxygen atoms in total. The second-order valence-corrected chi connectivity index (χ2v) is 9.47. The van der Waals surface area contributed by atoms with E-state index < -0.39 is 18.1 Å². The van der Waals surface area contributed by atoms with Crippen LogP contribution < -0.4 is 10.6 Å². The topological polar surface area (TPSA) is 89.5 Å². The van der Waals surface area contributed by atoms with E-state index in [2.05, 4.69) is 15.6 Å². The van der Waals surface area contributed by atoms with Crippen molar-refractivity contribution in [1.29, 1.82) is 0 Å². The van der Waals surface area contributed by atoms with Crippen molar-refractivity contribution in [1.82, 2.24) is 15.6 Å². The number of amides is 1. The van der Waals surface area contributed by atoms with Crippen molar-refractivity contribution < 1.29 is 19.1 Å². The summed E-state index contributed by atoms with van der Waals surface area (Å²) in [5, 5.41) is 6.43. The van der Waals surface area contributed by atoms with E-state index in [1.54, 1.807) is 18.0 Å². The molecule has 3 rings (SSSR count). The number of rotatable bonds is 13. The number of benzene rings is 1. The fraction of sp³-hybridized carbons (Fsp3) is 0.500. The number of methoxy groups -OCH3 is 1. The predicted octanol–water partition coefficient (Wildman–Crippen LogP) is 2.78. The van der Waals surface area contributed by atoms with Gasteiger partial charge in [0.1, 0.15) is 12.1 Å². The Morgan fingerprint density at radius 3 is 2.62 bits per heavy atom. The van der Waals surface area contributed by atoms with Gasteiger partial charge in [0.15, 0.2) is 0 Å². The third-order valence-corrected chi connectivity index (χ3v) is 6.66. The van der Waals surface area contributed by atoms with Crippen molar-refractivity contribution in [2.24, 2.45) is 0 Å². The highest BCUT2D eigenvalue weighted by Gasteiger charge is 2.33. The van der Waals surface area contributed by atoms with Gasteiger partial charge in [-0.05, 0) is 55.0 Å². The van der Waals surface area contributed by atoms with E-state index in [4.69, 9.17) is 9.47 Å². The summed E-state index contributed by atoms with van der Waals surface area (Å²) in [7, 11) is 1.34. The minimum Gasteiger partial charge on any atom is -0.467 e. The summed E-state index contributed by atoms with van der Waals surface area (Å²) in [5.74, 6) is -0.000330. The lowest BCUT2D eigenvalue weighted by Crippen LogP contribution is -2.50. The molecule has 4 atom stereocenters. The van der Waals surface area contributed by atoms with E-state index >= 15 is 0 Å². The summed E-state index contributed by atoms with van der Waals surface area (Å²) in [6, 6.07) is 13.2. The van der Waals surface area contributed by atoms with Crippen LogP contribution in [-0.2, 0) is 31.9 Å². The van der Waals surface area contributed by atoms with Crippen LogP contribution in [0.4, 0.5) is 0 Å². The first kappa shape index (κ1) is 26.2. The Bertz CT molecular complexity index is 878. The third-order valence-electron chi connectivity index (χ3n) is 6.02. The van der Waals surface area contributed by atoms with Gasteiger partial charge in [0, 0.05) is 31.3 Å². The number of nitrogens with one attached hydrogen (secondary N) is 2. The normalized spacial score (nSPS) is 18.1. The van der Waals surface area contributed by atoms with Crippen LogP contribution in [0.3, 0.4) is 0 Å². The first-order valence-corrected chi connectivity index (χ1v) is 13.2. The van der Waals surface area contributed by atoms with Gasteiger partial charge in [-0.2, -0.15) is 11.8 Å². The summed E-state index contributed by atoms with van der Waals surface area (Å²) in [5.41, 5.74) is 2.06. The molecule has 2 N–H and O–H groups in total. The largest absolute Gasteiger partial charge is 0.467 e. The fourth-order valence-electron chi connectivity index (χ4n) is 4.20. The number of carbonyl (C=O) groups is 2. The van der Waals surface area contributed by atoms with Crippen LogP contribution in [0.15, 0.2) is 54.9 Å². The molecule has 2 unspecified atom stereocenters. The quantitative estimate of drug-likeness (QED) is 0.422. The molecule has 1 amide bonds. The van der Waals surface area contributed by atoms with Gasteiger partial charge in [0.25, 0.3) is 0 Å². The van der Waals surface area contributed by atoms with E-state index in [1.807, 2.05) is 54.9 Å². The number of pyridine rings is 1. The zero-order valence-electron chi connectivity index (χ0n) is 19.9. The number of thioether (sulfide) groups is 1. The van der Waals surface area contributed by atoms with Crippen molar-refractivity contribution in [2.75, 3.05) is 25.7 Å². The molecule has 0 bridgehead atoms. The number of hydrogen-bond donors (Lipinski definition) is 2. The molecule has 1 aromatic heterocycles. The van der Waals surface area contributed by atoms with Crippen molar-refractivity contribution >= 4 is 23.6 Å². The maximum atomic E-state index is 13.5. The lowest BCUT2D eigenvalue weighted by molar-refractivity contribution is -0.148. The minimum absolute atomic E-state index is 0.152. The molecule has 2 aromatic rings. The van der Waals surface area contributed by atoms with Gasteiger partial charge in [0.2, 0.25) is 5.91 Å². The molecule has 1 fully saturated rings. The number of esters is 1. The number of aromatic nitrogens is 1. The minimum atomic E-state index is -0.743. The zero-order chi connectivity index (χ0) is 24.2. The molecular formula is C26H35N3O4S. The molecule has 34 heavy (non-hydrogen) atoms. The van der Waals surface area contributed by atoms with Crippen LogP contribution in [0.2, 0.25) is 0 Å². The summed E-state index contributed by atoms with van der Waals surface area (Å²) >= 11 is 1.62. The highest BCUT2D eigenvalue weighted by atomic mass is 32.2. The van der Waals surface area contributed by atoms with Crippen molar-refractivity contribution in [3.8, 4) is 0 Å². The van der Waals surface area contributed by atoms with E-state index in [0.717, 1.165) is 36.3 Å². The Hall–Kier alpha value is -2.42. The summed E-state index contributed by atoms with van der Waals surface area (Å²) in [6.07, 6.45) is 8.25. The summed E-state index contributed by atoms with van der Waals surface area (Å²) < 4.78 is 11.5. The maximum absolute atomic E-state index is 13.5. The summed E-state index contributed by atoms with van der Waals surface area (Å²) in [6.45, 7) is 0.937. The first-order chi connectivity index (χ1) is 16.6. The molecule has 0 saturated carbocycles. The molecule has 184 valence electrons.